The Morgan fingerprint density at radius 1 is 0.686 bits per heavy atom. The molecule has 51 heavy (non-hydrogen) atoms. The van der Waals surface area contributed by atoms with Gasteiger partial charge in [0.1, 0.15) is 0 Å². The van der Waals surface area contributed by atoms with E-state index in [1.807, 2.05) is 49.5 Å². The van der Waals surface area contributed by atoms with Crippen molar-refractivity contribution < 1.29 is 33.4 Å². The molecule has 278 valence electrons. The van der Waals surface area contributed by atoms with Crippen LogP contribution in [0.25, 0.3) is 27.6 Å². The molecule has 2 aliphatic rings. The molecule has 1 N–H and O–H groups in total. The number of nitrogens with zero attached hydrogens (tertiary/aromatic N) is 3. The van der Waals surface area contributed by atoms with E-state index in [2.05, 4.69) is 97.9 Å². The molecule has 2 aliphatic carbocycles. The Balaban J connectivity index is 0.000000290. The summed E-state index contributed by atoms with van der Waals surface area (Å²) in [4.78, 5) is 4.59. The first-order valence-corrected chi connectivity index (χ1v) is 21.3. The molecule has 0 heterocycles. The van der Waals surface area contributed by atoms with Crippen LogP contribution >= 0.6 is 7.92 Å². The minimum absolute atomic E-state index is 0. The number of hydrogen-bond acceptors (Lipinski definition) is 4. The molecule has 9 heteroatoms. The molecule has 0 amide bonds. The van der Waals surface area contributed by atoms with Gasteiger partial charge in [-0.15, -0.1) is 48.5 Å². The molecule has 6 nitrogen and oxygen atoms in total. The van der Waals surface area contributed by atoms with E-state index in [1.54, 1.807) is 5.30 Å². The quantitative estimate of drug-likeness (QED) is 0.0830. The van der Waals surface area contributed by atoms with Crippen molar-refractivity contribution in [3.63, 3.8) is 0 Å². The minimum Gasteiger partial charge on any atom is -0.694 e. The van der Waals surface area contributed by atoms with E-state index < -0.39 is 10.1 Å². The van der Waals surface area contributed by atoms with Gasteiger partial charge in [-0.1, -0.05) is 101 Å². The summed E-state index contributed by atoms with van der Waals surface area (Å²) in [5.74, 6) is 0. The van der Waals surface area contributed by atoms with Crippen LogP contribution in [0.5, 0.6) is 0 Å². The van der Waals surface area contributed by atoms with Crippen molar-refractivity contribution in [2.75, 3.05) is 51.3 Å². The molecule has 0 aromatic heterocycles. The van der Waals surface area contributed by atoms with E-state index in [0.717, 1.165) is 28.1 Å². The van der Waals surface area contributed by atoms with Gasteiger partial charge in [-0.2, -0.15) is 14.1 Å². The zero-order valence-electron chi connectivity index (χ0n) is 31.2. The standard InChI is InChI=1S/C28H41N2P.C13H11N.CH4O3S.Pd/c1-29(2)25-19-13-20-26(30(3)4)28(25)24-18-11-12-21-27(24)31(22-14-7-5-8-15-22)23-16-9-6-10-17-23;1-14-13-10-6-5-9-12(13)11-7-3-2-4-8-11;1-5(2,3)4;/h11-13,18-23H,5-10,14-17H2,1-4H3;2-7,9-10H,1H3;1H3,(H,2,3,4);/q;-2;;+2. The Morgan fingerprint density at radius 3 is 1.63 bits per heavy atom. The topological polar surface area (TPSA) is 75.0 Å². The molecular weight excluding hydrogens is 764 g/mol. The maximum atomic E-state index is 9.19. The second-order valence-electron chi connectivity index (χ2n) is 13.7. The van der Waals surface area contributed by atoms with E-state index >= 15 is 0 Å². The van der Waals surface area contributed by atoms with E-state index in [-0.39, 0.29) is 28.3 Å². The summed E-state index contributed by atoms with van der Waals surface area (Å²) in [5, 5.41) is 5.92. The van der Waals surface area contributed by atoms with Crippen molar-refractivity contribution in [1.29, 1.82) is 0 Å². The SMILES string of the molecule is CN(C)c1cccc(N(C)C)c1-c1ccccc1P(C1CCCCC1)C1CCCCC1.CS(=O)(=O)O.C[N-]c1ccccc1-c1[c-]cccc1.[Pd+2]. The second-order valence-corrected chi connectivity index (χ2v) is 17.9. The van der Waals surface area contributed by atoms with Gasteiger partial charge in [0.05, 0.1) is 6.26 Å². The smallest absolute Gasteiger partial charge is 0.694 e. The van der Waals surface area contributed by atoms with Gasteiger partial charge in [-0.05, 0) is 60.0 Å². The largest absolute Gasteiger partial charge is 2.00 e. The van der Waals surface area contributed by atoms with Gasteiger partial charge in [-0.25, -0.2) is 0 Å². The summed E-state index contributed by atoms with van der Waals surface area (Å²) < 4.78 is 25.9. The summed E-state index contributed by atoms with van der Waals surface area (Å²) in [7, 11) is 6.75. The Labute approximate surface area is 323 Å². The summed E-state index contributed by atoms with van der Waals surface area (Å²) in [6.45, 7) is 0. The van der Waals surface area contributed by atoms with Crippen molar-refractivity contribution in [3.05, 3.63) is 102 Å². The van der Waals surface area contributed by atoms with Crippen LogP contribution in [0.15, 0.2) is 91.0 Å². The summed E-state index contributed by atoms with van der Waals surface area (Å²) in [6, 6.07) is 35.5. The van der Waals surface area contributed by atoms with Gasteiger partial charge in [0.25, 0.3) is 10.1 Å². The Kier molecular flexibility index (Phi) is 17.7. The molecule has 0 aliphatic heterocycles. The maximum Gasteiger partial charge on any atom is 2.00 e. The zero-order chi connectivity index (χ0) is 36.1. The van der Waals surface area contributed by atoms with E-state index in [0.29, 0.717) is 6.26 Å². The Bertz CT molecular complexity index is 1670. The monoisotopic (exact) mass is 819 g/mol. The number of anilines is 2. The predicted octanol–water partition coefficient (Wildman–Crippen LogP) is 10.5. The molecule has 2 fully saturated rings. The summed E-state index contributed by atoms with van der Waals surface area (Å²) >= 11 is 0. The van der Waals surface area contributed by atoms with Gasteiger partial charge < -0.3 is 15.1 Å². The molecule has 0 saturated heterocycles. The van der Waals surface area contributed by atoms with Crippen molar-refractivity contribution in [3.8, 4) is 22.3 Å². The third-order valence-electron chi connectivity index (χ3n) is 9.52. The van der Waals surface area contributed by atoms with E-state index in [9.17, 15) is 8.42 Å². The fraction of sp³-hybridized carbons (Fsp3) is 0.429. The van der Waals surface area contributed by atoms with Crippen molar-refractivity contribution in [1.82, 2.24) is 0 Å². The third kappa shape index (κ3) is 12.7. The van der Waals surface area contributed by atoms with Crippen LogP contribution < -0.4 is 15.1 Å². The maximum absolute atomic E-state index is 9.19. The second kappa shape index (κ2) is 21.1. The first-order valence-electron chi connectivity index (χ1n) is 17.9. The van der Waals surface area contributed by atoms with Gasteiger partial charge >= 0.3 is 20.4 Å². The first kappa shape index (κ1) is 42.7. The molecule has 4 aromatic carbocycles. The normalized spacial score (nSPS) is 15.0. The molecule has 0 radical (unpaired) electrons. The average molecular weight is 820 g/mol. The average Bonchev–Trinajstić information content (AvgIpc) is 3.12. The molecule has 0 atom stereocenters. The molecule has 4 aromatic rings. The Morgan fingerprint density at radius 2 is 1.16 bits per heavy atom. The number of para-hydroxylation sites is 1. The van der Waals surface area contributed by atoms with Crippen LogP contribution in [0.1, 0.15) is 64.2 Å². The number of hydrogen-bond donors (Lipinski definition) is 1. The molecule has 6 rings (SSSR count). The molecule has 0 unspecified atom stereocenters. The third-order valence-corrected chi connectivity index (χ3v) is 13.1. The van der Waals surface area contributed by atoms with Crippen LogP contribution in [0.2, 0.25) is 0 Å². The van der Waals surface area contributed by atoms with Crippen molar-refractivity contribution in [2.45, 2.75) is 75.5 Å². The summed E-state index contributed by atoms with van der Waals surface area (Å²) in [6.07, 6.45) is 15.2. The van der Waals surface area contributed by atoms with Crippen LogP contribution in [0.3, 0.4) is 0 Å². The molecule has 0 spiro atoms. The number of rotatable bonds is 8. The van der Waals surface area contributed by atoms with Gasteiger partial charge in [0.2, 0.25) is 0 Å². The van der Waals surface area contributed by atoms with Crippen LogP contribution in [0.4, 0.5) is 17.1 Å². The van der Waals surface area contributed by atoms with Crippen LogP contribution in [-0.4, -0.2) is 65.8 Å². The van der Waals surface area contributed by atoms with Crippen LogP contribution in [0, 0.1) is 6.07 Å². The van der Waals surface area contributed by atoms with Crippen molar-refractivity contribution >= 4 is 40.4 Å². The first-order chi connectivity index (χ1) is 24.0. The fourth-order valence-corrected chi connectivity index (χ4v) is 11.3. The zero-order valence-corrected chi connectivity index (χ0v) is 34.4. The van der Waals surface area contributed by atoms with Crippen molar-refractivity contribution in [2.24, 2.45) is 0 Å². The van der Waals surface area contributed by atoms with Crippen LogP contribution in [-0.2, 0) is 30.5 Å². The van der Waals surface area contributed by atoms with E-state index in [4.69, 9.17) is 4.55 Å². The van der Waals surface area contributed by atoms with Gasteiger partial charge in [-0.3, -0.25) is 4.55 Å². The number of benzene rings is 4. The summed E-state index contributed by atoms with van der Waals surface area (Å²) in [5.41, 5.74) is 10.7. The fourth-order valence-electron chi connectivity index (χ4n) is 7.33. The van der Waals surface area contributed by atoms with Gasteiger partial charge in [0, 0.05) is 45.1 Å². The van der Waals surface area contributed by atoms with Gasteiger partial charge in [0.15, 0.2) is 0 Å². The molecule has 0 bridgehead atoms. The molecular formula is C42H56N3O3PPdS. The predicted molar refractivity (Wildman–Crippen MR) is 218 cm³/mol. The Hall–Kier alpha value is -2.72. The molecule has 2 saturated carbocycles. The van der Waals surface area contributed by atoms with E-state index in [1.165, 1.54) is 86.7 Å². The minimum atomic E-state index is -3.67.